The summed E-state index contributed by atoms with van der Waals surface area (Å²) in [5, 5.41) is 3.28. The Hall–Kier alpha value is -1.02. The molecule has 1 aliphatic rings. The van der Waals surface area contributed by atoms with E-state index in [1.165, 1.54) is 29.8 Å². The van der Waals surface area contributed by atoms with Gasteiger partial charge in [0.25, 0.3) is 0 Å². The first-order valence-electron chi connectivity index (χ1n) is 5.81. The van der Waals surface area contributed by atoms with Crippen LogP contribution in [0.5, 0.6) is 0 Å². The predicted molar refractivity (Wildman–Crippen MR) is 65.5 cm³/mol. The van der Waals surface area contributed by atoms with Crippen molar-refractivity contribution in [1.29, 1.82) is 0 Å². The van der Waals surface area contributed by atoms with E-state index in [0.717, 1.165) is 6.54 Å². The van der Waals surface area contributed by atoms with E-state index in [9.17, 15) is 0 Å². The van der Waals surface area contributed by atoms with Crippen molar-refractivity contribution < 1.29 is 0 Å². The molecule has 15 heavy (non-hydrogen) atoms. The standard InChI is InChI=1S/C13H20N2/c1-4-15-8-7-12-9-11(10(2)14-3)5-6-13(12)15/h5-6,9-10,14H,4,7-8H2,1-3H3. The van der Waals surface area contributed by atoms with Crippen molar-refractivity contribution in [3.63, 3.8) is 0 Å². The second-order valence-corrected chi connectivity index (χ2v) is 4.23. The highest BCUT2D eigenvalue weighted by atomic mass is 15.1. The molecule has 0 bridgehead atoms. The summed E-state index contributed by atoms with van der Waals surface area (Å²) in [6, 6.07) is 7.32. The fraction of sp³-hybridized carbons (Fsp3) is 0.538. The van der Waals surface area contributed by atoms with Crippen LogP contribution in [0.25, 0.3) is 0 Å². The zero-order valence-corrected chi connectivity index (χ0v) is 9.88. The molecule has 82 valence electrons. The molecule has 1 unspecified atom stereocenters. The molecular formula is C13H20N2. The van der Waals surface area contributed by atoms with Gasteiger partial charge in [0.2, 0.25) is 0 Å². The van der Waals surface area contributed by atoms with Gasteiger partial charge in [0.05, 0.1) is 0 Å². The Kier molecular flexibility index (Phi) is 2.96. The monoisotopic (exact) mass is 204 g/mol. The van der Waals surface area contributed by atoms with E-state index < -0.39 is 0 Å². The van der Waals surface area contributed by atoms with Crippen LogP contribution in [0, 0.1) is 0 Å². The van der Waals surface area contributed by atoms with Crippen molar-refractivity contribution in [2.45, 2.75) is 26.3 Å². The van der Waals surface area contributed by atoms with Crippen LogP contribution < -0.4 is 10.2 Å². The molecule has 0 aromatic heterocycles. The summed E-state index contributed by atoms with van der Waals surface area (Å²) in [6.07, 6.45) is 1.20. The van der Waals surface area contributed by atoms with Gasteiger partial charge in [-0.2, -0.15) is 0 Å². The molecule has 0 radical (unpaired) electrons. The predicted octanol–water partition coefficient (Wildman–Crippen LogP) is 2.35. The summed E-state index contributed by atoms with van der Waals surface area (Å²) in [4.78, 5) is 2.45. The van der Waals surface area contributed by atoms with Crippen LogP contribution in [0.3, 0.4) is 0 Å². The Labute approximate surface area is 92.3 Å². The van der Waals surface area contributed by atoms with Gasteiger partial charge in [-0.3, -0.25) is 0 Å². The van der Waals surface area contributed by atoms with Crippen molar-refractivity contribution in [3.8, 4) is 0 Å². The summed E-state index contributed by atoms with van der Waals surface area (Å²) in [5.41, 5.74) is 4.34. The Morgan fingerprint density at radius 3 is 2.93 bits per heavy atom. The van der Waals surface area contributed by atoms with Crippen LogP contribution in [0.4, 0.5) is 5.69 Å². The molecule has 0 aliphatic carbocycles. The van der Waals surface area contributed by atoms with Crippen LogP contribution in [0.15, 0.2) is 18.2 Å². The van der Waals surface area contributed by atoms with Crippen LogP contribution in [0.1, 0.15) is 31.0 Å². The third-order valence-corrected chi connectivity index (χ3v) is 3.41. The summed E-state index contributed by atoms with van der Waals surface area (Å²) >= 11 is 0. The number of hydrogen-bond donors (Lipinski definition) is 1. The minimum absolute atomic E-state index is 0.450. The van der Waals surface area contributed by atoms with E-state index in [-0.39, 0.29) is 0 Å². The topological polar surface area (TPSA) is 15.3 Å². The van der Waals surface area contributed by atoms with E-state index in [2.05, 4.69) is 42.3 Å². The summed E-state index contributed by atoms with van der Waals surface area (Å²) in [6.45, 7) is 6.73. The minimum atomic E-state index is 0.450. The first-order chi connectivity index (χ1) is 7.26. The molecule has 2 heteroatoms. The quantitative estimate of drug-likeness (QED) is 0.813. The van der Waals surface area contributed by atoms with Crippen molar-refractivity contribution >= 4 is 5.69 Å². The van der Waals surface area contributed by atoms with Crippen LogP contribution in [0.2, 0.25) is 0 Å². The maximum atomic E-state index is 3.28. The molecule has 0 amide bonds. The normalized spacial score (nSPS) is 16.6. The van der Waals surface area contributed by atoms with Gasteiger partial charge in [-0.15, -0.1) is 0 Å². The number of likely N-dealkylation sites (N-methyl/N-ethyl adjacent to an activating group) is 1. The number of rotatable bonds is 3. The first kappa shape index (κ1) is 10.5. The highest BCUT2D eigenvalue weighted by Gasteiger charge is 2.18. The number of anilines is 1. The molecule has 0 fully saturated rings. The smallest absolute Gasteiger partial charge is 0.0399 e. The van der Waals surface area contributed by atoms with E-state index in [4.69, 9.17) is 0 Å². The van der Waals surface area contributed by atoms with E-state index >= 15 is 0 Å². The Morgan fingerprint density at radius 1 is 1.47 bits per heavy atom. The van der Waals surface area contributed by atoms with Crippen LogP contribution in [-0.4, -0.2) is 20.1 Å². The third kappa shape index (κ3) is 1.86. The van der Waals surface area contributed by atoms with Gasteiger partial charge >= 0.3 is 0 Å². The van der Waals surface area contributed by atoms with Gasteiger partial charge in [-0.25, -0.2) is 0 Å². The van der Waals surface area contributed by atoms with E-state index in [1.54, 1.807) is 0 Å². The average Bonchev–Trinajstić information content (AvgIpc) is 2.69. The van der Waals surface area contributed by atoms with E-state index in [1.807, 2.05) is 7.05 Å². The van der Waals surface area contributed by atoms with Gasteiger partial charge in [-0.1, -0.05) is 12.1 Å². The summed E-state index contributed by atoms with van der Waals surface area (Å²) in [5.74, 6) is 0. The van der Waals surface area contributed by atoms with Gasteiger partial charge in [0.15, 0.2) is 0 Å². The van der Waals surface area contributed by atoms with Crippen LogP contribution in [-0.2, 0) is 6.42 Å². The fourth-order valence-electron chi connectivity index (χ4n) is 2.25. The lowest BCUT2D eigenvalue weighted by molar-refractivity contribution is 0.652. The number of nitrogens with one attached hydrogen (secondary N) is 1. The molecule has 0 spiro atoms. The van der Waals surface area contributed by atoms with Crippen molar-refractivity contribution in [1.82, 2.24) is 5.32 Å². The number of fused-ring (bicyclic) bond motifs is 1. The van der Waals surface area contributed by atoms with Crippen molar-refractivity contribution in [2.75, 3.05) is 25.0 Å². The van der Waals surface area contributed by atoms with Gasteiger partial charge < -0.3 is 10.2 Å². The molecular weight excluding hydrogens is 184 g/mol. The largest absolute Gasteiger partial charge is 0.371 e. The maximum Gasteiger partial charge on any atom is 0.0399 e. The molecule has 1 aromatic carbocycles. The minimum Gasteiger partial charge on any atom is -0.371 e. The molecule has 0 saturated carbocycles. The lowest BCUT2D eigenvalue weighted by Crippen LogP contribution is -2.19. The average molecular weight is 204 g/mol. The third-order valence-electron chi connectivity index (χ3n) is 3.41. The molecule has 1 aliphatic heterocycles. The molecule has 1 heterocycles. The van der Waals surface area contributed by atoms with Gasteiger partial charge in [0.1, 0.15) is 0 Å². The summed E-state index contributed by atoms with van der Waals surface area (Å²) < 4.78 is 0. The second kappa shape index (κ2) is 4.23. The summed E-state index contributed by atoms with van der Waals surface area (Å²) in [7, 11) is 2.01. The molecule has 2 rings (SSSR count). The maximum absolute atomic E-state index is 3.28. The molecule has 1 atom stereocenters. The lowest BCUT2D eigenvalue weighted by Gasteiger charge is -2.17. The van der Waals surface area contributed by atoms with Gasteiger partial charge in [-0.05, 0) is 44.5 Å². The number of benzene rings is 1. The zero-order valence-electron chi connectivity index (χ0n) is 9.88. The van der Waals surface area contributed by atoms with Crippen molar-refractivity contribution in [3.05, 3.63) is 29.3 Å². The molecule has 2 nitrogen and oxygen atoms in total. The fourth-order valence-corrected chi connectivity index (χ4v) is 2.25. The SMILES string of the molecule is CCN1CCc2cc(C(C)NC)ccc21. The Bertz CT molecular complexity index is 346. The number of hydrogen-bond acceptors (Lipinski definition) is 2. The highest BCUT2D eigenvalue weighted by molar-refractivity contribution is 5.59. The molecule has 0 saturated heterocycles. The lowest BCUT2D eigenvalue weighted by atomic mass is 10.0. The zero-order chi connectivity index (χ0) is 10.8. The Balaban J connectivity index is 2.29. The first-order valence-corrected chi connectivity index (χ1v) is 5.81. The second-order valence-electron chi connectivity index (χ2n) is 4.23. The molecule has 1 aromatic rings. The van der Waals surface area contributed by atoms with Crippen LogP contribution >= 0.6 is 0 Å². The van der Waals surface area contributed by atoms with Crippen molar-refractivity contribution in [2.24, 2.45) is 0 Å². The number of nitrogens with zero attached hydrogens (tertiary/aromatic N) is 1. The molecule has 1 N–H and O–H groups in total. The Morgan fingerprint density at radius 2 is 2.27 bits per heavy atom. The highest BCUT2D eigenvalue weighted by Crippen LogP contribution is 2.29. The van der Waals surface area contributed by atoms with Gasteiger partial charge in [0, 0.05) is 24.8 Å². The van der Waals surface area contributed by atoms with E-state index in [0.29, 0.717) is 6.04 Å².